The van der Waals surface area contributed by atoms with Crippen molar-refractivity contribution in [1.29, 1.82) is 0 Å². The fourth-order valence-electron chi connectivity index (χ4n) is 3.64. The van der Waals surface area contributed by atoms with Crippen LogP contribution in [0.2, 0.25) is 0 Å². The molecule has 1 amide bonds. The molecule has 7 nitrogen and oxygen atoms in total. The van der Waals surface area contributed by atoms with Gasteiger partial charge in [0.1, 0.15) is 20.9 Å². The molecular formula is C18H20IN5O2. The third-order valence-corrected chi connectivity index (χ3v) is 5.69. The third kappa shape index (κ3) is 3.74. The lowest BCUT2D eigenvalue weighted by atomic mass is 9.78. The van der Waals surface area contributed by atoms with Gasteiger partial charge in [-0.15, -0.1) is 10.2 Å². The summed E-state index contributed by atoms with van der Waals surface area (Å²) in [5.74, 6) is 2.01. The number of carbonyl (C=O) groups is 1. The summed E-state index contributed by atoms with van der Waals surface area (Å²) < 4.78 is 6.67. The first-order chi connectivity index (χ1) is 12.6. The van der Waals surface area contributed by atoms with E-state index in [2.05, 4.69) is 43.1 Å². The minimum atomic E-state index is -0.367. The Kier molecular flexibility index (Phi) is 4.92. The van der Waals surface area contributed by atoms with Crippen LogP contribution in [0, 0.1) is 9.62 Å². The third-order valence-electron chi connectivity index (χ3n) is 5.12. The number of halogens is 1. The number of aromatic nitrogens is 3. The number of nitrogens with zero attached hydrogens (tertiary/aromatic N) is 4. The van der Waals surface area contributed by atoms with Crippen molar-refractivity contribution in [1.82, 2.24) is 15.2 Å². The number of anilines is 2. The molecule has 0 atom stereocenters. The van der Waals surface area contributed by atoms with Crippen molar-refractivity contribution in [2.45, 2.75) is 31.3 Å². The van der Waals surface area contributed by atoms with Crippen LogP contribution < -0.4 is 10.2 Å². The Bertz CT molecular complexity index is 763. The lowest BCUT2D eigenvalue weighted by molar-refractivity contribution is 0.0148. The molecule has 1 aliphatic carbocycles. The summed E-state index contributed by atoms with van der Waals surface area (Å²) in [6.45, 7) is 1.45. The summed E-state index contributed by atoms with van der Waals surface area (Å²) in [5, 5.41) is 11.5. The van der Waals surface area contributed by atoms with Gasteiger partial charge in [-0.2, -0.15) is 0 Å². The molecule has 2 aliphatic rings. The zero-order chi connectivity index (χ0) is 18.0. The maximum Gasteiger partial charge on any atom is 0.416 e. The van der Waals surface area contributed by atoms with Gasteiger partial charge in [0.2, 0.25) is 0 Å². The van der Waals surface area contributed by atoms with Crippen LogP contribution in [-0.2, 0) is 4.74 Å². The topological polar surface area (TPSA) is 80.2 Å². The van der Waals surface area contributed by atoms with E-state index in [1.807, 2.05) is 30.3 Å². The van der Waals surface area contributed by atoms with E-state index in [4.69, 9.17) is 4.74 Å². The van der Waals surface area contributed by atoms with Crippen LogP contribution in [0.1, 0.15) is 25.7 Å². The number of ether oxygens (including phenoxy) is 1. The molecule has 8 heteroatoms. The smallest absolute Gasteiger partial charge is 0.416 e. The molecule has 1 saturated heterocycles. The molecule has 2 aromatic rings. The molecule has 1 spiro atoms. The number of nitrogens with one attached hydrogen (secondary N) is 1. The number of amides is 1. The SMILES string of the molecule is O=C1O[C@]2(CC[C@H](CNc3ccc(I)nn3)CC2)CN1c1ccccn1. The highest BCUT2D eigenvalue weighted by atomic mass is 127. The second kappa shape index (κ2) is 7.34. The Hall–Kier alpha value is -1.97. The van der Waals surface area contributed by atoms with Crippen molar-refractivity contribution in [2.75, 3.05) is 23.3 Å². The largest absolute Gasteiger partial charge is 0.441 e. The fourth-order valence-corrected chi connectivity index (χ4v) is 3.93. The van der Waals surface area contributed by atoms with Crippen LogP contribution in [0.3, 0.4) is 0 Å². The van der Waals surface area contributed by atoms with Crippen LogP contribution >= 0.6 is 22.6 Å². The second-order valence-electron chi connectivity index (χ2n) is 6.89. The predicted octanol–water partition coefficient (Wildman–Crippen LogP) is 3.47. The maximum absolute atomic E-state index is 12.3. The highest BCUT2D eigenvalue weighted by Crippen LogP contribution is 2.40. The minimum absolute atomic E-state index is 0.283. The molecule has 2 fully saturated rings. The normalized spacial score (nSPS) is 25.3. The number of hydrogen-bond donors (Lipinski definition) is 1. The summed E-state index contributed by atoms with van der Waals surface area (Å²) in [4.78, 5) is 18.2. The highest BCUT2D eigenvalue weighted by Gasteiger charge is 2.47. The molecule has 0 aromatic carbocycles. The van der Waals surface area contributed by atoms with Gasteiger partial charge < -0.3 is 10.1 Å². The van der Waals surface area contributed by atoms with E-state index < -0.39 is 0 Å². The molecular weight excluding hydrogens is 445 g/mol. The van der Waals surface area contributed by atoms with Gasteiger partial charge in [-0.25, -0.2) is 9.78 Å². The fraction of sp³-hybridized carbons (Fsp3) is 0.444. The molecule has 1 aliphatic heterocycles. The predicted molar refractivity (Wildman–Crippen MR) is 106 cm³/mol. The Balaban J connectivity index is 1.32. The molecule has 2 aromatic heterocycles. The highest BCUT2D eigenvalue weighted by molar-refractivity contribution is 14.1. The molecule has 0 radical (unpaired) electrons. The number of hydrogen-bond acceptors (Lipinski definition) is 6. The van der Waals surface area contributed by atoms with Gasteiger partial charge in [0.05, 0.1) is 6.54 Å². The van der Waals surface area contributed by atoms with Gasteiger partial charge in [-0.1, -0.05) is 6.07 Å². The molecule has 4 rings (SSSR count). The van der Waals surface area contributed by atoms with Crippen molar-refractivity contribution in [3.8, 4) is 0 Å². The second-order valence-corrected chi connectivity index (χ2v) is 8.00. The van der Waals surface area contributed by atoms with Gasteiger partial charge in [-0.05, 0) is 78.5 Å². The molecule has 136 valence electrons. The summed E-state index contributed by atoms with van der Waals surface area (Å²) in [6.07, 6.45) is 5.22. The van der Waals surface area contributed by atoms with Gasteiger partial charge in [0.15, 0.2) is 0 Å². The lowest BCUT2D eigenvalue weighted by Crippen LogP contribution is -2.39. The Morgan fingerprint density at radius 1 is 1.23 bits per heavy atom. The Morgan fingerprint density at radius 2 is 2.08 bits per heavy atom. The zero-order valence-electron chi connectivity index (χ0n) is 14.3. The first kappa shape index (κ1) is 17.4. The minimum Gasteiger partial charge on any atom is -0.441 e. The van der Waals surface area contributed by atoms with Crippen molar-refractivity contribution in [2.24, 2.45) is 5.92 Å². The summed E-state index contributed by atoms with van der Waals surface area (Å²) >= 11 is 2.14. The molecule has 1 N–H and O–H groups in total. The average molecular weight is 465 g/mol. The van der Waals surface area contributed by atoms with Crippen LogP contribution in [-0.4, -0.2) is 40.0 Å². The number of rotatable bonds is 4. The lowest BCUT2D eigenvalue weighted by Gasteiger charge is -2.35. The van der Waals surface area contributed by atoms with Crippen LogP contribution in [0.15, 0.2) is 36.5 Å². The first-order valence-corrected chi connectivity index (χ1v) is 9.86. The van der Waals surface area contributed by atoms with Crippen LogP contribution in [0.5, 0.6) is 0 Å². The quantitative estimate of drug-likeness (QED) is 0.697. The molecule has 3 heterocycles. The average Bonchev–Trinajstić information content (AvgIpc) is 2.99. The number of carbonyl (C=O) groups excluding carboxylic acids is 1. The summed E-state index contributed by atoms with van der Waals surface area (Å²) in [6, 6.07) is 9.46. The Labute approximate surface area is 165 Å². The summed E-state index contributed by atoms with van der Waals surface area (Å²) in [5.41, 5.74) is -0.367. The zero-order valence-corrected chi connectivity index (χ0v) is 16.4. The molecule has 26 heavy (non-hydrogen) atoms. The Morgan fingerprint density at radius 3 is 2.77 bits per heavy atom. The van der Waals surface area contributed by atoms with Gasteiger partial charge in [0, 0.05) is 12.7 Å². The number of pyridine rings is 1. The molecule has 1 saturated carbocycles. The van der Waals surface area contributed by atoms with Gasteiger partial charge in [0.25, 0.3) is 0 Å². The molecule has 0 bridgehead atoms. The van der Waals surface area contributed by atoms with Crippen LogP contribution in [0.25, 0.3) is 0 Å². The summed E-state index contributed by atoms with van der Waals surface area (Å²) in [7, 11) is 0. The first-order valence-electron chi connectivity index (χ1n) is 8.78. The van der Waals surface area contributed by atoms with Crippen molar-refractivity contribution in [3.63, 3.8) is 0 Å². The van der Waals surface area contributed by atoms with E-state index in [1.54, 1.807) is 11.1 Å². The molecule has 0 unspecified atom stereocenters. The van der Waals surface area contributed by atoms with Crippen LogP contribution in [0.4, 0.5) is 16.4 Å². The van der Waals surface area contributed by atoms with E-state index in [0.717, 1.165) is 41.7 Å². The van der Waals surface area contributed by atoms with Crippen molar-refractivity contribution < 1.29 is 9.53 Å². The standard InChI is InChI=1S/C18H20IN5O2/c19-14-4-5-15(23-22-14)21-11-13-6-8-18(9-7-13)12-24(17(25)26-18)16-3-1-2-10-20-16/h1-5,10,13H,6-9,11-12H2,(H,21,23)/t13-,18-. The maximum atomic E-state index is 12.3. The van der Waals surface area contributed by atoms with Crippen molar-refractivity contribution in [3.05, 3.63) is 40.2 Å². The van der Waals surface area contributed by atoms with E-state index in [-0.39, 0.29) is 11.7 Å². The van der Waals surface area contributed by atoms with Crippen molar-refractivity contribution >= 4 is 40.3 Å². The van der Waals surface area contributed by atoms with E-state index in [0.29, 0.717) is 18.3 Å². The van der Waals surface area contributed by atoms with Gasteiger partial charge in [-0.3, -0.25) is 4.90 Å². The van der Waals surface area contributed by atoms with Gasteiger partial charge >= 0.3 is 6.09 Å². The monoisotopic (exact) mass is 465 g/mol. The van der Waals surface area contributed by atoms with E-state index >= 15 is 0 Å². The van der Waals surface area contributed by atoms with E-state index in [1.165, 1.54) is 0 Å². The van der Waals surface area contributed by atoms with E-state index in [9.17, 15) is 4.79 Å².